The van der Waals surface area contributed by atoms with Crippen molar-refractivity contribution in [3.05, 3.63) is 29.6 Å². The molecular weight excluding hydrogens is 322 g/mol. The number of hydrogen-bond donors (Lipinski definition) is 0. The van der Waals surface area contributed by atoms with Crippen molar-refractivity contribution in [1.29, 1.82) is 10.5 Å². The van der Waals surface area contributed by atoms with Crippen LogP contribution in [0.4, 0.5) is 0 Å². The molecule has 1 rings (SSSR count). The standard InChI is InChI=1S/C18H21N3O4/c1-4-24-16(22)9-7-13-6-8-15(21-12-13)18(3,14(10-19)11-20)17(23)25-5-2/h6,8,12,14H,4-5,7,9H2,1-3H3. The molecule has 0 aliphatic rings. The van der Waals surface area contributed by atoms with E-state index >= 15 is 0 Å². The minimum Gasteiger partial charge on any atom is -0.466 e. The maximum absolute atomic E-state index is 12.4. The van der Waals surface area contributed by atoms with Crippen LogP contribution in [0.15, 0.2) is 18.3 Å². The van der Waals surface area contributed by atoms with Crippen molar-refractivity contribution in [3.63, 3.8) is 0 Å². The van der Waals surface area contributed by atoms with E-state index in [0.717, 1.165) is 5.56 Å². The van der Waals surface area contributed by atoms with Crippen molar-refractivity contribution in [2.24, 2.45) is 5.92 Å². The molecule has 1 unspecified atom stereocenters. The Morgan fingerprint density at radius 3 is 2.32 bits per heavy atom. The number of hydrogen-bond acceptors (Lipinski definition) is 7. The van der Waals surface area contributed by atoms with E-state index in [1.807, 2.05) is 12.1 Å². The molecular formula is C18H21N3O4. The molecule has 0 bridgehead atoms. The molecule has 132 valence electrons. The highest BCUT2D eigenvalue weighted by Crippen LogP contribution is 2.32. The van der Waals surface area contributed by atoms with Crippen LogP contribution in [0.2, 0.25) is 0 Å². The molecule has 0 N–H and O–H groups in total. The Balaban J connectivity index is 3.05. The number of rotatable bonds is 8. The zero-order chi connectivity index (χ0) is 18.9. The van der Waals surface area contributed by atoms with E-state index in [9.17, 15) is 20.1 Å². The first-order chi connectivity index (χ1) is 11.9. The quantitative estimate of drug-likeness (QED) is 0.664. The first-order valence-electron chi connectivity index (χ1n) is 8.01. The summed E-state index contributed by atoms with van der Waals surface area (Å²) in [5.74, 6) is -2.20. The van der Waals surface area contributed by atoms with Gasteiger partial charge in [0.05, 0.1) is 31.0 Å². The van der Waals surface area contributed by atoms with Gasteiger partial charge in [-0.3, -0.25) is 14.6 Å². The number of aromatic nitrogens is 1. The summed E-state index contributed by atoms with van der Waals surface area (Å²) in [7, 11) is 0. The third-order valence-electron chi connectivity index (χ3n) is 3.81. The van der Waals surface area contributed by atoms with Crippen LogP contribution in [0.25, 0.3) is 0 Å². The van der Waals surface area contributed by atoms with Crippen LogP contribution in [0.3, 0.4) is 0 Å². The van der Waals surface area contributed by atoms with Gasteiger partial charge < -0.3 is 9.47 Å². The summed E-state index contributed by atoms with van der Waals surface area (Å²) >= 11 is 0. The summed E-state index contributed by atoms with van der Waals surface area (Å²) in [6.45, 7) is 5.33. The summed E-state index contributed by atoms with van der Waals surface area (Å²) in [5, 5.41) is 18.5. The molecule has 1 aromatic heterocycles. The normalized spacial score (nSPS) is 12.6. The zero-order valence-corrected chi connectivity index (χ0v) is 14.6. The van der Waals surface area contributed by atoms with Gasteiger partial charge >= 0.3 is 11.9 Å². The van der Waals surface area contributed by atoms with Crippen LogP contribution < -0.4 is 0 Å². The topological polar surface area (TPSA) is 113 Å². The highest BCUT2D eigenvalue weighted by Gasteiger charge is 2.46. The Morgan fingerprint density at radius 1 is 1.20 bits per heavy atom. The summed E-state index contributed by atoms with van der Waals surface area (Å²) in [6.07, 6.45) is 2.20. The predicted molar refractivity (Wildman–Crippen MR) is 87.9 cm³/mol. The molecule has 1 atom stereocenters. The molecule has 7 heteroatoms. The van der Waals surface area contributed by atoms with E-state index < -0.39 is 17.3 Å². The van der Waals surface area contributed by atoms with Crippen molar-refractivity contribution < 1.29 is 19.1 Å². The number of esters is 2. The van der Waals surface area contributed by atoms with Crippen molar-refractivity contribution in [1.82, 2.24) is 4.98 Å². The lowest BCUT2D eigenvalue weighted by molar-refractivity contribution is -0.150. The number of nitriles is 2. The van der Waals surface area contributed by atoms with E-state index in [0.29, 0.717) is 13.0 Å². The first kappa shape index (κ1) is 20.1. The lowest BCUT2D eigenvalue weighted by Gasteiger charge is -2.27. The summed E-state index contributed by atoms with van der Waals surface area (Å²) in [4.78, 5) is 28.0. The van der Waals surface area contributed by atoms with E-state index in [4.69, 9.17) is 9.47 Å². The van der Waals surface area contributed by atoms with Gasteiger partial charge in [-0.2, -0.15) is 10.5 Å². The Hall–Kier alpha value is -2.93. The molecule has 0 aliphatic carbocycles. The van der Waals surface area contributed by atoms with Gasteiger partial charge in [0.1, 0.15) is 5.41 Å². The van der Waals surface area contributed by atoms with Gasteiger partial charge in [-0.05, 0) is 38.8 Å². The van der Waals surface area contributed by atoms with Crippen molar-refractivity contribution in [2.75, 3.05) is 13.2 Å². The van der Waals surface area contributed by atoms with Gasteiger partial charge in [-0.1, -0.05) is 6.07 Å². The Kier molecular flexibility index (Phi) is 7.55. The fourth-order valence-electron chi connectivity index (χ4n) is 2.30. The average Bonchev–Trinajstić information content (AvgIpc) is 2.61. The summed E-state index contributed by atoms with van der Waals surface area (Å²) in [6, 6.07) is 6.97. The molecule has 0 saturated carbocycles. The number of ether oxygens (including phenoxy) is 2. The van der Waals surface area contributed by atoms with Gasteiger partial charge in [-0.15, -0.1) is 0 Å². The molecule has 1 aromatic rings. The predicted octanol–water partition coefficient (Wildman–Crippen LogP) is 2.06. The molecule has 7 nitrogen and oxygen atoms in total. The fourth-order valence-corrected chi connectivity index (χ4v) is 2.30. The lowest BCUT2D eigenvalue weighted by atomic mass is 9.75. The minimum atomic E-state index is -1.49. The monoisotopic (exact) mass is 343 g/mol. The van der Waals surface area contributed by atoms with Gasteiger partial charge in [0.25, 0.3) is 0 Å². The molecule has 0 aliphatic heterocycles. The molecule has 25 heavy (non-hydrogen) atoms. The van der Waals surface area contributed by atoms with Crippen molar-refractivity contribution >= 4 is 11.9 Å². The molecule has 1 heterocycles. The Bertz CT molecular complexity index is 674. The molecule has 0 radical (unpaired) electrons. The molecule has 0 amide bonds. The van der Waals surface area contributed by atoms with E-state index in [2.05, 4.69) is 4.98 Å². The number of nitrogens with zero attached hydrogens (tertiary/aromatic N) is 3. The van der Waals surface area contributed by atoms with Crippen LogP contribution in [0.1, 0.15) is 38.4 Å². The van der Waals surface area contributed by atoms with Gasteiger partial charge in [0, 0.05) is 12.6 Å². The second-order valence-electron chi connectivity index (χ2n) is 5.47. The second kappa shape index (κ2) is 9.39. The first-order valence-corrected chi connectivity index (χ1v) is 8.01. The number of aryl methyl sites for hydroxylation is 1. The molecule has 0 spiro atoms. The number of carbonyl (C=O) groups excluding carboxylic acids is 2. The highest BCUT2D eigenvalue weighted by atomic mass is 16.5. The van der Waals surface area contributed by atoms with Crippen LogP contribution in [-0.2, 0) is 30.9 Å². The van der Waals surface area contributed by atoms with Crippen LogP contribution in [-0.4, -0.2) is 30.1 Å². The van der Waals surface area contributed by atoms with Gasteiger partial charge in [0.2, 0.25) is 0 Å². The molecule has 0 aromatic carbocycles. The van der Waals surface area contributed by atoms with Gasteiger partial charge in [0.15, 0.2) is 5.92 Å². The average molecular weight is 343 g/mol. The third kappa shape index (κ3) is 4.77. The van der Waals surface area contributed by atoms with Crippen LogP contribution in [0.5, 0.6) is 0 Å². The van der Waals surface area contributed by atoms with Crippen molar-refractivity contribution in [3.8, 4) is 12.1 Å². The number of pyridine rings is 1. The van der Waals surface area contributed by atoms with Gasteiger partial charge in [-0.25, -0.2) is 0 Å². The largest absolute Gasteiger partial charge is 0.466 e. The zero-order valence-electron chi connectivity index (χ0n) is 14.6. The van der Waals surface area contributed by atoms with E-state index in [1.54, 1.807) is 26.0 Å². The third-order valence-corrected chi connectivity index (χ3v) is 3.81. The van der Waals surface area contributed by atoms with Crippen molar-refractivity contribution in [2.45, 2.75) is 39.0 Å². The smallest absolute Gasteiger partial charge is 0.320 e. The molecule has 0 fully saturated rings. The van der Waals surface area contributed by atoms with E-state index in [1.165, 1.54) is 13.1 Å². The Morgan fingerprint density at radius 2 is 1.84 bits per heavy atom. The fraction of sp³-hybridized carbons (Fsp3) is 0.500. The summed E-state index contributed by atoms with van der Waals surface area (Å²) < 4.78 is 9.91. The maximum Gasteiger partial charge on any atom is 0.320 e. The summed E-state index contributed by atoms with van der Waals surface area (Å²) in [5.41, 5.74) is -0.425. The highest BCUT2D eigenvalue weighted by molar-refractivity contribution is 5.83. The van der Waals surface area contributed by atoms with Crippen LogP contribution >= 0.6 is 0 Å². The SMILES string of the molecule is CCOC(=O)CCc1ccc(C(C)(C(=O)OCC)C(C#N)C#N)nc1. The maximum atomic E-state index is 12.4. The van der Waals surface area contributed by atoms with E-state index in [-0.39, 0.29) is 24.7 Å². The second-order valence-corrected chi connectivity index (χ2v) is 5.47. The van der Waals surface area contributed by atoms with Crippen LogP contribution in [0, 0.1) is 28.6 Å². The molecule has 0 saturated heterocycles. The Labute approximate surface area is 147 Å². The minimum absolute atomic E-state index is 0.135. The number of carbonyl (C=O) groups is 2. The lowest BCUT2D eigenvalue weighted by Crippen LogP contribution is -2.41.